The lowest BCUT2D eigenvalue weighted by Crippen LogP contribution is -2.34. The Hall–Kier alpha value is -5.77. The Morgan fingerprint density at radius 1 is 1.02 bits per heavy atom. The summed E-state index contributed by atoms with van der Waals surface area (Å²) in [5.41, 5.74) is 4.59. The molecule has 0 radical (unpaired) electrons. The van der Waals surface area contributed by atoms with Gasteiger partial charge in [0.1, 0.15) is 28.9 Å². The molecule has 1 heterocycles. The zero-order valence-electron chi connectivity index (χ0n) is 23.8. The number of hydrogen-bond donors (Lipinski definition) is 7. The number of carbonyl (C=O) groups is 2. The zero-order valence-corrected chi connectivity index (χ0v) is 25.4. The summed E-state index contributed by atoms with van der Waals surface area (Å²) < 4.78 is 63.2. The minimum absolute atomic E-state index is 0.0620. The van der Waals surface area contributed by atoms with E-state index in [1.807, 2.05) is 0 Å². The molecule has 1 unspecified atom stereocenters. The van der Waals surface area contributed by atoms with Crippen LogP contribution < -0.4 is 26.2 Å². The normalized spacial score (nSPS) is 12.5. The van der Waals surface area contributed by atoms with Crippen LogP contribution >= 0.6 is 0 Å². The van der Waals surface area contributed by atoms with Crippen LogP contribution in [0.5, 0.6) is 11.8 Å². The van der Waals surface area contributed by atoms with Crippen molar-refractivity contribution in [2.45, 2.75) is 22.3 Å². The number of aromatic nitrogens is 3. The van der Waals surface area contributed by atoms with Crippen molar-refractivity contribution in [3.05, 3.63) is 61.2 Å². The zero-order chi connectivity index (χ0) is 34.5. The summed E-state index contributed by atoms with van der Waals surface area (Å²) in [7, 11) is -8.98. The number of sulfonamides is 1. The van der Waals surface area contributed by atoms with Gasteiger partial charge in [-0.3, -0.25) is 9.35 Å². The van der Waals surface area contributed by atoms with Crippen molar-refractivity contribution in [2.24, 2.45) is 21.1 Å². The van der Waals surface area contributed by atoms with Gasteiger partial charge in [0.25, 0.3) is 10.1 Å². The van der Waals surface area contributed by atoms with Crippen LogP contribution in [0.4, 0.5) is 29.0 Å². The highest BCUT2D eigenvalue weighted by Gasteiger charge is 2.23. The van der Waals surface area contributed by atoms with E-state index < -0.39 is 61.1 Å². The SMILES string of the molecule is C=CCOc1nc(Nc2cc(S(=O)(=O)O)cc3ccc(N=Nc4ccccc4S(N)(=O)=O)c(O)c23)nc(NC(CC(N)=O)C(=O)O)n1. The molecule has 0 aliphatic heterocycles. The second-order valence-electron chi connectivity index (χ2n) is 9.39. The maximum atomic E-state index is 12.1. The number of fused-ring (bicyclic) bond motifs is 1. The van der Waals surface area contributed by atoms with Crippen molar-refractivity contribution in [1.82, 2.24) is 15.0 Å². The summed E-state index contributed by atoms with van der Waals surface area (Å²) in [5.74, 6) is -3.76. The molecule has 0 aliphatic carbocycles. The van der Waals surface area contributed by atoms with Gasteiger partial charge in [-0.15, -0.1) is 10.2 Å². The fraction of sp³-hybridized carbons (Fsp3) is 0.115. The smallest absolute Gasteiger partial charge is 0.326 e. The first-order valence-electron chi connectivity index (χ1n) is 12.9. The van der Waals surface area contributed by atoms with Crippen molar-refractivity contribution in [3.8, 4) is 11.8 Å². The van der Waals surface area contributed by atoms with E-state index in [9.17, 15) is 41.2 Å². The highest BCUT2D eigenvalue weighted by atomic mass is 32.2. The molecular formula is C26H25N9O10S2. The highest BCUT2D eigenvalue weighted by molar-refractivity contribution is 7.89. The van der Waals surface area contributed by atoms with Crippen LogP contribution in [0, 0.1) is 0 Å². The molecule has 9 N–H and O–H groups in total. The molecule has 3 aromatic carbocycles. The number of aliphatic carboxylic acids is 1. The van der Waals surface area contributed by atoms with Gasteiger partial charge in [-0.25, -0.2) is 18.4 Å². The number of carboxylic acids is 1. The summed E-state index contributed by atoms with van der Waals surface area (Å²) in [5, 5.41) is 38.9. The molecule has 21 heteroatoms. The van der Waals surface area contributed by atoms with Crippen LogP contribution in [0.3, 0.4) is 0 Å². The minimum Gasteiger partial charge on any atom is -0.505 e. The largest absolute Gasteiger partial charge is 0.505 e. The number of benzene rings is 3. The fourth-order valence-electron chi connectivity index (χ4n) is 3.98. The summed E-state index contributed by atoms with van der Waals surface area (Å²) >= 11 is 0. The Kier molecular flexibility index (Phi) is 9.94. The summed E-state index contributed by atoms with van der Waals surface area (Å²) in [6, 6.07) is 8.07. The third kappa shape index (κ3) is 8.49. The number of carboxylic acid groups (broad SMARTS) is 1. The van der Waals surface area contributed by atoms with E-state index in [2.05, 4.69) is 42.4 Å². The Morgan fingerprint density at radius 3 is 2.34 bits per heavy atom. The second-order valence-corrected chi connectivity index (χ2v) is 12.3. The van der Waals surface area contributed by atoms with Crippen LogP contribution in [-0.2, 0) is 29.7 Å². The van der Waals surface area contributed by atoms with Crippen molar-refractivity contribution < 1.29 is 45.9 Å². The molecule has 0 saturated carbocycles. The van der Waals surface area contributed by atoms with Gasteiger partial charge in [0.15, 0.2) is 5.75 Å². The Balaban J connectivity index is 1.86. The lowest BCUT2D eigenvalue weighted by molar-refractivity contribution is -0.139. The van der Waals surface area contributed by atoms with Crippen molar-refractivity contribution in [1.29, 1.82) is 0 Å². The molecule has 0 aliphatic rings. The van der Waals surface area contributed by atoms with Gasteiger partial charge in [0.2, 0.25) is 27.8 Å². The molecule has 0 fully saturated rings. The lowest BCUT2D eigenvalue weighted by Gasteiger charge is -2.16. The Morgan fingerprint density at radius 2 is 1.70 bits per heavy atom. The number of aromatic hydroxyl groups is 1. The van der Waals surface area contributed by atoms with Gasteiger partial charge in [-0.1, -0.05) is 30.9 Å². The summed E-state index contributed by atoms with van der Waals surface area (Å²) in [6.07, 6.45) is 0.719. The molecule has 1 aromatic heterocycles. The van der Waals surface area contributed by atoms with Gasteiger partial charge < -0.3 is 31.3 Å². The number of ether oxygens (including phenoxy) is 1. The minimum atomic E-state index is -4.80. The van der Waals surface area contributed by atoms with Crippen molar-refractivity contribution in [2.75, 3.05) is 17.2 Å². The summed E-state index contributed by atoms with van der Waals surface area (Å²) in [6.45, 7) is 3.41. The maximum absolute atomic E-state index is 12.1. The number of rotatable bonds is 14. The molecule has 0 saturated heterocycles. The molecule has 4 aromatic rings. The number of nitrogens with zero attached hydrogens (tertiary/aromatic N) is 5. The molecule has 0 spiro atoms. The standard InChI is InChI=1S/C26H25N9O10S2/c1-2-9-45-26-32-24(31-25(33-26)30-18(23(38)39)12-20(27)36)29-17-11-14(47(42,43)44)10-13-7-8-16(22(37)21(13)17)35-34-15-5-3-4-6-19(15)46(28,40)41/h2-8,10-11,18,37H,1,9,12H2,(H2,27,36)(H,38,39)(H2,28,40,41)(H,42,43,44)(H2,29,30,31,32,33). The number of nitrogens with one attached hydrogen (secondary N) is 2. The molecular weight excluding hydrogens is 662 g/mol. The van der Waals surface area contributed by atoms with Crippen molar-refractivity contribution >= 4 is 71.7 Å². The molecule has 19 nitrogen and oxygen atoms in total. The van der Waals surface area contributed by atoms with Gasteiger partial charge in [0, 0.05) is 5.39 Å². The number of carbonyl (C=O) groups excluding carboxylic acids is 1. The Bertz CT molecular complexity index is 2140. The number of primary amides is 1. The predicted molar refractivity (Wildman–Crippen MR) is 165 cm³/mol. The fourth-order valence-corrected chi connectivity index (χ4v) is 5.19. The first kappa shape index (κ1) is 34.1. The third-order valence-corrected chi connectivity index (χ3v) is 7.77. The molecule has 47 heavy (non-hydrogen) atoms. The van der Waals surface area contributed by atoms with E-state index in [1.165, 1.54) is 42.5 Å². The van der Waals surface area contributed by atoms with Gasteiger partial charge in [0.05, 0.1) is 17.0 Å². The highest BCUT2D eigenvalue weighted by Crippen LogP contribution is 2.42. The topological polar surface area (TPSA) is 312 Å². The average molecular weight is 688 g/mol. The second kappa shape index (κ2) is 13.7. The van der Waals surface area contributed by atoms with Gasteiger partial charge in [-0.05, 0) is 35.7 Å². The molecule has 1 atom stereocenters. The predicted octanol–water partition coefficient (Wildman–Crippen LogP) is 2.09. The Labute approximate surface area is 265 Å². The quantitative estimate of drug-likeness (QED) is 0.0567. The molecule has 246 valence electrons. The van der Waals surface area contributed by atoms with Crippen LogP contribution in [0.25, 0.3) is 10.8 Å². The van der Waals surface area contributed by atoms with E-state index >= 15 is 0 Å². The van der Waals surface area contributed by atoms with E-state index in [4.69, 9.17) is 15.6 Å². The van der Waals surface area contributed by atoms with Crippen LogP contribution in [0.15, 0.2) is 81.2 Å². The number of phenolic OH excluding ortho intramolecular Hbond substituents is 1. The van der Waals surface area contributed by atoms with E-state index in [1.54, 1.807) is 0 Å². The average Bonchev–Trinajstić information content (AvgIpc) is 2.98. The molecule has 4 rings (SSSR count). The van der Waals surface area contributed by atoms with E-state index in [0.717, 1.165) is 12.1 Å². The van der Waals surface area contributed by atoms with Crippen LogP contribution in [-0.4, -0.2) is 71.1 Å². The van der Waals surface area contributed by atoms with E-state index in [0.29, 0.717) is 0 Å². The maximum Gasteiger partial charge on any atom is 0.326 e. The van der Waals surface area contributed by atoms with Crippen LogP contribution in [0.2, 0.25) is 0 Å². The summed E-state index contributed by atoms with van der Waals surface area (Å²) in [4.78, 5) is 34.2. The number of hydrogen-bond acceptors (Lipinski definition) is 15. The number of anilines is 3. The molecule has 0 bridgehead atoms. The first-order chi connectivity index (χ1) is 22.1. The first-order valence-corrected chi connectivity index (χ1v) is 15.9. The van der Waals surface area contributed by atoms with Gasteiger partial charge >= 0.3 is 12.0 Å². The molecule has 1 amide bonds. The van der Waals surface area contributed by atoms with E-state index in [-0.39, 0.29) is 51.3 Å². The van der Waals surface area contributed by atoms with Crippen LogP contribution in [0.1, 0.15) is 6.42 Å². The monoisotopic (exact) mass is 687 g/mol. The number of primary sulfonamides is 1. The van der Waals surface area contributed by atoms with Crippen molar-refractivity contribution in [3.63, 3.8) is 0 Å². The number of phenols is 1. The van der Waals surface area contributed by atoms with Gasteiger partial charge in [-0.2, -0.15) is 23.4 Å². The lowest BCUT2D eigenvalue weighted by atomic mass is 10.1. The number of nitrogens with two attached hydrogens (primary N) is 2. The number of azo groups is 1. The third-order valence-electron chi connectivity index (χ3n) is 5.98. The number of amides is 1.